The molecule has 0 atom stereocenters. The summed E-state index contributed by atoms with van der Waals surface area (Å²) in [6.07, 6.45) is 4.47. The van der Waals surface area contributed by atoms with Crippen molar-refractivity contribution in [3.8, 4) is 11.6 Å². The maximum atomic E-state index is 13.9. The molecule has 3 rings (SSSR count). The van der Waals surface area contributed by atoms with Crippen LogP contribution in [0.5, 0.6) is 11.6 Å². The monoisotopic (exact) mass is 372 g/mol. The molecule has 0 unspecified atom stereocenters. The van der Waals surface area contributed by atoms with E-state index >= 15 is 0 Å². The van der Waals surface area contributed by atoms with Crippen LogP contribution in [0.15, 0.2) is 36.7 Å². The van der Waals surface area contributed by atoms with Crippen LogP contribution >= 0.6 is 0 Å². The molecule has 1 aromatic heterocycles. The third-order valence-electron chi connectivity index (χ3n) is 4.46. The van der Waals surface area contributed by atoms with Gasteiger partial charge in [0.1, 0.15) is 5.69 Å². The second kappa shape index (κ2) is 8.57. The number of para-hydroxylation sites is 1. The Morgan fingerprint density at radius 2 is 1.93 bits per heavy atom. The Morgan fingerprint density at radius 1 is 1.22 bits per heavy atom. The summed E-state index contributed by atoms with van der Waals surface area (Å²) in [5.41, 5.74) is 0.662. The van der Waals surface area contributed by atoms with Gasteiger partial charge in [-0.3, -0.25) is 14.6 Å². The van der Waals surface area contributed by atoms with Crippen molar-refractivity contribution in [1.82, 2.24) is 20.2 Å². The van der Waals surface area contributed by atoms with Crippen molar-refractivity contribution in [1.29, 1.82) is 0 Å². The fourth-order valence-corrected chi connectivity index (χ4v) is 3.04. The highest BCUT2D eigenvalue weighted by molar-refractivity contribution is 5.83. The predicted molar refractivity (Wildman–Crippen MR) is 95.7 cm³/mol. The topological polar surface area (TPSA) is 84.4 Å². The highest BCUT2D eigenvalue weighted by atomic mass is 19.1. The number of amides is 2. The number of hydrogen-bond donors (Lipinski definition) is 1. The van der Waals surface area contributed by atoms with E-state index in [0.29, 0.717) is 31.6 Å². The van der Waals surface area contributed by atoms with Gasteiger partial charge in [-0.1, -0.05) is 12.1 Å². The standard InChI is InChI=1S/C19H21FN4O3/c1-13(25)23-12-17(26)24-10-6-14(7-11-24)18-19(22-9-8-21-18)27-16-5-3-2-4-15(16)20/h2-5,8-9,14H,6-7,10-12H2,1H3,(H,23,25). The van der Waals surface area contributed by atoms with Crippen molar-refractivity contribution in [2.75, 3.05) is 19.6 Å². The maximum absolute atomic E-state index is 13.9. The summed E-state index contributed by atoms with van der Waals surface area (Å²) in [5.74, 6) is -0.357. The number of hydrogen-bond acceptors (Lipinski definition) is 5. The first-order valence-corrected chi connectivity index (χ1v) is 8.80. The lowest BCUT2D eigenvalue weighted by molar-refractivity contribution is -0.133. The van der Waals surface area contributed by atoms with Gasteiger partial charge in [0, 0.05) is 38.3 Å². The van der Waals surface area contributed by atoms with E-state index in [2.05, 4.69) is 15.3 Å². The lowest BCUT2D eigenvalue weighted by atomic mass is 9.93. The fraction of sp³-hybridized carbons (Fsp3) is 0.368. The Hall–Kier alpha value is -3.03. The van der Waals surface area contributed by atoms with E-state index in [1.807, 2.05) is 0 Å². The molecule has 1 aliphatic rings. The van der Waals surface area contributed by atoms with Crippen molar-refractivity contribution in [3.05, 3.63) is 48.2 Å². The SMILES string of the molecule is CC(=O)NCC(=O)N1CCC(c2nccnc2Oc2ccccc2F)CC1. The highest BCUT2D eigenvalue weighted by Gasteiger charge is 2.27. The molecule has 27 heavy (non-hydrogen) atoms. The van der Waals surface area contributed by atoms with Crippen LogP contribution in [0.2, 0.25) is 0 Å². The summed E-state index contributed by atoms with van der Waals surface area (Å²) >= 11 is 0. The second-order valence-corrected chi connectivity index (χ2v) is 6.34. The van der Waals surface area contributed by atoms with E-state index in [1.165, 1.54) is 25.3 Å². The largest absolute Gasteiger partial charge is 0.434 e. The minimum absolute atomic E-state index is 0.00673. The number of rotatable bonds is 5. The van der Waals surface area contributed by atoms with Gasteiger partial charge in [0.15, 0.2) is 11.6 Å². The lowest BCUT2D eigenvalue weighted by Crippen LogP contribution is -2.43. The van der Waals surface area contributed by atoms with Crippen LogP contribution in [0.1, 0.15) is 31.4 Å². The molecule has 7 nitrogen and oxygen atoms in total. The minimum atomic E-state index is -0.465. The molecule has 1 aliphatic heterocycles. The van der Waals surface area contributed by atoms with E-state index in [-0.39, 0.29) is 35.9 Å². The van der Waals surface area contributed by atoms with Gasteiger partial charge in [0.25, 0.3) is 0 Å². The minimum Gasteiger partial charge on any atom is -0.434 e. The molecule has 2 amide bonds. The Bertz CT molecular complexity index is 822. The summed E-state index contributed by atoms with van der Waals surface area (Å²) in [6.45, 7) is 2.50. The molecule has 1 N–H and O–H groups in total. The van der Waals surface area contributed by atoms with Gasteiger partial charge in [-0.05, 0) is 25.0 Å². The molecule has 1 aromatic carbocycles. The van der Waals surface area contributed by atoms with Crippen molar-refractivity contribution in [3.63, 3.8) is 0 Å². The van der Waals surface area contributed by atoms with E-state index in [9.17, 15) is 14.0 Å². The number of aromatic nitrogens is 2. The zero-order valence-electron chi connectivity index (χ0n) is 15.0. The number of likely N-dealkylation sites (tertiary alicyclic amines) is 1. The van der Waals surface area contributed by atoms with Gasteiger partial charge >= 0.3 is 0 Å². The molecule has 0 radical (unpaired) electrons. The smallest absolute Gasteiger partial charge is 0.241 e. The molecule has 8 heteroatoms. The van der Waals surface area contributed by atoms with E-state index in [0.717, 1.165) is 0 Å². The first-order valence-electron chi connectivity index (χ1n) is 8.80. The van der Waals surface area contributed by atoms with Crippen LogP contribution in [0.25, 0.3) is 0 Å². The molecular weight excluding hydrogens is 351 g/mol. The van der Waals surface area contributed by atoms with Crippen LogP contribution in [0.4, 0.5) is 4.39 Å². The molecule has 2 aromatic rings. The summed E-state index contributed by atoms with van der Waals surface area (Å²) < 4.78 is 19.5. The maximum Gasteiger partial charge on any atom is 0.241 e. The van der Waals surface area contributed by atoms with Gasteiger partial charge in [-0.2, -0.15) is 0 Å². The number of piperidine rings is 1. The number of halogens is 1. The predicted octanol–water partition coefficient (Wildman–Crippen LogP) is 2.25. The molecule has 0 saturated carbocycles. The third kappa shape index (κ3) is 4.78. The normalized spacial score (nSPS) is 14.7. The molecule has 0 spiro atoms. The molecule has 0 aliphatic carbocycles. The zero-order valence-corrected chi connectivity index (χ0v) is 15.0. The highest BCUT2D eigenvalue weighted by Crippen LogP contribution is 2.34. The Kier molecular flexibility index (Phi) is 5.95. The van der Waals surface area contributed by atoms with Gasteiger partial charge in [0.05, 0.1) is 6.54 Å². The van der Waals surface area contributed by atoms with Crippen LogP contribution in [-0.4, -0.2) is 46.3 Å². The van der Waals surface area contributed by atoms with Crippen LogP contribution in [0, 0.1) is 5.82 Å². The number of benzene rings is 1. The van der Waals surface area contributed by atoms with Crippen LogP contribution in [-0.2, 0) is 9.59 Å². The summed E-state index contributed by atoms with van der Waals surface area (Å²) in [6, 6.07) is 6.14. The third-order valence-corrected chi connectivity index (χ3v) is 4.46. The number of nitrogens with one attached hydrogen (secondary N) is 1. The summed E-state index contributed by atoms with van der Waals surface area (Å²) in [5, 5.41) is 2.52. The van der Waals surface area contributed by atoms with E-state index < -0.39 is 5.82 Å². The van der Waals surface area contributed by atoms with Crippen LogP contribution < -0.4 is 10.1 Å². The van der Waals surface area contributed by atoms with Crippen molar-refractivity contribution in [2.45, 2.75) is 25.7 Å². The average molecular weight is 372 g/mol. The second-order valence-electron chi connectivity index (χ2n) is 6.34. The molecule has 1 saturated heterocycles. The number of ether oxygens (including phenoxy) is 1. The molecule has 2 heterocycles. The Balaban J connectivity index is 1.66. The summed E-state index contributed by atoms with van der Waals surface area (Å²) in [7, 11) is 0. The van der Waals surface area contributed by atoms with E-state index in [4.69, 9.17) is 4.74 Å². The first kappa shape index (κ1) is 18.8. The van der Waals surface area contributed by atoms with Gasteiger partial charge in [0.2, 0.25) is 17.7 Å². The number of carbonyl (C=O) groups is 2. The quantitative estimate of drug-likeness (QED) is 0.870. The van der Waals surface area contributed by atoms with Gasteiger partial charge in [-0.15, -0.1) is 0 Å². The number of carbonyl (C=O) groups excluding carboxylic acids is 2. The van der Waals surface area contributed by atoms with Crippen molar-refractivity contribution >= 4 is 11.8 Å². The first-order chi connectivity index (χ1) is 13.0. The summed E-state index contributed by atoms with van der Waals surface area (Å²) in [4.78, 5) is 33.4. The van der Waals surface area contributed by atoms with E-state index in [1.54, 1.807) is 23.2 Å². The molecule has 142 valence electrons. The van der Waals surface area contributed by atoms with Gasteiger partial charge in [-0.25, -0.2) is 9.37 Å². The van der Waals surface area contributed by atoms with Crippen LogP contribution in [0.3, 0.4) is 0 Å². The molecular formula is C19H21FN4O3. The Labute approximate surface area is 156 Å². The van der Waals surface area contributed by atoms with Gasteiger partial charge < -0.3 is 15.0 Å². The Morgan fingerprint density at radius 3 is 2.63 bits per heavy atom. The average Bonchev–Trinajstić information content (AvgIpc) is 2.68. The van der Waals surface area contributed by atoms with Crippen molar-refractivity contribution in [2.24, 2.45) is 0 Å². The number of nitrogens with zero attached hydrogens (tertiary/aromatic N) is 3. The lowest BCUT2D eigenvalue weighted by Gasteiger charge is -2.32. The molecule has 0 bridgehead atoms. The zero-order chi connectivity index (χ0) is 19.2. The van der Waals surface area contributed by atoms with Crippen molar-refractivity contribution < 1.29 is 18.7 Å². The molecule has 1 fully saturated rings. The fourth-order valence-electron chi connectivity index (χ4n) is 3.04.